The molecule has 1 aromatic rings. The van der Waals surface area contributed by atoms with E-state index < -0.39 is 0 Å². The number of rotatable bonds is 6. The predicted octanol–water partition coefficient (Wildman–Crippen LogP) is 2.64. The van der Waals surface area contributed by atoms with Gasteiger partial charge >= 0.3 is 0 Å². The second-order valence-electron chi connectivity index (χ2n) is 3.67. The van der Waals surface area contributed by atoms with Crippen LogP contribution in [0.5, 0.6) is 0 Å². The lowest BCUT2D eigenvalue weighted by atomic mass is 10.2. The zero-order valence-electron chi connectivity index (χ0n) is 9.96. The van der Waals surface area contributed by atoms with Gasteiger partial charge < -0.3 is 10.1 Å². The molecule has 90 valence electrons. The molecular formula is C11H18BrN3O. The molecule has 4 nitrogen and oxygen atoms in total. The molecule has 0 saturated heterocycles. The van der Waals surface area contributed by atoms with E-state index >= 15 is 0 Å². The van der Waals surface area contributed by atoms with Crippen molar-refractivity contribution in [2.24, 2.45) is 0 Å². The maximum Gasteiger partial charge on any atom is 0.131 e. The summed E-state index contributed by atoms with van der Waals surface area (Å²) in [6, 6.07) is 2.23. The number of nitrogens with one attached hydrogen (secondary N) is 1. The Labute approximate surface area is 105 Å². The maximum absolute atomic E-state index is 5.04. The van der Waals surface area contributed by atoms with E-state index in [0.29, 0.717) is 6.04 Å². The molecule has 1 N–H and O–H groups in total. The number of ether oxygens (including phenoxy) is 1. The smallest absolute Gasteiger partial charge is 0.131 e. The fraction of sp³-hybridized carbons (Fsp3) is 0.636. The number of aromatic nitrogens is 2. The number of hydrogen-bond donors (Lipinski definition) is 1. The second kappa shape index (κ2) is 6.81. The van der Waals surface area contributed by atoms with Crippen molar-refractivity contribution in [2.45, 2.75) is 32.7 Å². The average Bonchev–Trinajstić information content (AvgIpc) is 2.25. The minimum Gasteiger partial charge on any atom is -0.385 e. The highest BCUT2D eigenvalue weighted by Gasteiger charge is 2.05. The number of nitrogens with zero attached hydrogens (tertiary/aromatic N) is 2. The summed E-state index contributed by atoms with van der Waals surface area (Å²) in [5.74, 6) is 1.71. The zero-order valence-corrected chi connectivity index (χ0v) is 11.5. The third kappa shape index (κ3) is 4.45. The summed E-state index contributed by atoms with van der Waals surface area (Å²) in [6.07, 6.45) is 1.79. The van der Waals surface area contributed by atoms with Crippen LogP contribution in [-0.4, -0.2) is 29.7 Å². The largest absolute Gasteiger partial charge is 0.385 e. The van der Waals surface area contributed by atoms with E-state index in [1.165, 1.54) is 0 Å². The van der Waals surface area contributed by atoms with Crippen molar-refractivity contribution in [3.05, 3.63) is 16.5 Å². The predicted molar refractivity (Wildman–Crippen MR) is 68.7 cm³/mol. The molecule has 1 aromatic heterocycles. The Morgan fingerprint density at radius 1 is 1.50 bits per heavy atom. The molecule has 0 spiro atoms. The average molecular weight is 288 g/mol. The van der Waals surface area contributed by atoms with Gasteiger partial charge in [-0.1, -0.05) is 6.92 Å². The Kier molecular flexibility index (Phi) is 5.69. The molecule has 0 bridgehead atoms. The van der Waals surface area contributed by atoms with Gasteiger partial charge in [0.25, 0.3) is 0 Å². The molecule has 0 aliphatic carbocycles. The lowest BCUT2D eigenvalue weighted by Gasteiger charge is -2.14. The van der Waals surface area contributed by atoms with Crippen LogP contribution in [0.4, 0.5) is 5.82 Å². The van der Waals surface area contributed by atoms with Gasteiger partial charge in [-0.3, -0.25) is 0 Å². The Balaban J connectivity index is 2.61. The van der Waals surface area contributed by atoms with E-state index in [1.54, 1.807) is 7.11 Å². The van der Waals surface area contributed by atoms with Gasteiger partial charge in [0, 0.05) is 32.2 Å². The third-order valence-electron chi connectivity index (χ3n) is 2.21. The first-order valence-corrected chi connectivity index (χ1v) is 6.24. The molecule has 16 heavy (non-hydrogen) atoms. The molecule has 0 amide bonds. The standard InChI is InChI=1S/C11H18BrN3O/c1-4-10-14-9(12)7-11(15-10)13-8(2)5-6-16-3/h7-8H,4-6H2,1-3H3,(H,13,14,15). The van der Waals surface area contributed by atoms with Crippen molar-refractivity contribution in [1.82, 2.24) is 9.97 Å². The van der Waals surface area contributed by atoms with E-state index in [9.17, 15) is 0 Å². The summed E-state index contributed by atoms with van der Waals surface area (Å²) in [4.78, 5) is 8.67. The number of hydrogen-bond acceptors (Lipinski definition) is 4. The molecular weight excluding hydrogens is 270 g/mol. The van der Waals surface area contributed by atoms with Crippen LogP contribution in [0.1, 0.15) is 26.1 Å². The zero-order chi connectivity index (χ0) is 12.0. The molecule has 1 heterocycles. The second-order valence-corrected chi connectivity index (χ2v) is 4.49. The molecule has 1 unspecified atom stereocenters. The lowest BCUT2D eigenvalue weighted by Crippen LogP contribution is -2.18. The molecule has 0 radical (unpaired) electrons. The monoisotopic (exact) mass is 287 g/mol. The van der Waals surface area contributed by atoms with E-state index in [2.05, 4.69) is 38.1 Å². The van der Waals surface area contributed by atoms with Gasteiger partial charge in [-0.2, -0.15) is 0 Å². The van der Waals surface area contributed by atoms with Crippen LogP contribution in [0.25, 0.3) is 0 Å². The molecule has 0 fully saturated rings. The third-order valence-corrected chi connectivity index (χ3v) is 2.61. The van der Waals surface area contributed by atoms with Gasteiger partial charge in [0.2, 0.25) is 0 Å². The van der Waals surface area contributed by atoms with Crippen molar-refractivity contribution < 1.29 is 4.74 Å². The van der Waals surface area contributed by atoms with Gasteiger partial charge in [-0.15, -0.1) is 0 Å². The highest BCUT2D eigenvalue weighted by atomic mass is 79.9. The summed E-state index contributed by atoms with van der Waals surface area (Å²) in [7, 11) is 1.71. The molecule has 0 aromatic carbocycles. The van der Waals surface area contributed by atoms with Gasteiger partial charge in [-0.25, -0.2) is 9.97 Å². The summed E-state index contributed by atoms with van der Waals surface area (Å²) in [5.41, 5.74) is 0. The summed E-state index contributed by atoms with van der Waals surface area (Å²) < 4.78 is 5.86. The van der Waals surface area contributed by atoms with Crippen LogP contribution in [0, 0.1) is 0 Å². The highest BCUT2D eigenvalue weighted by Crippen LogP contribution is 2.14. The molecule has 1 atom stereocenters. The van der Waals surface area contributed by atoms with Crippen LogP contribution in [0.15, 0.2) is 10.7 Å². The van der Waals surface area contributed by atoms with Gasteiger partial charge in [-0.05, 0) is 29.3 Å². The SMILES string of the molecule is CCc1nc(Br)cc(NC(C)CCOC)n1. The van der Waals surface area contributed by atoms with Crippen LogP contribution in [0.2, 0.25) is 0 Å². The molecule has 0 saturated carbocycles. The summed E-state index contributed by atoms with van der Waals surface area (Å²) >= 11 is 3.38. The molecule has 0 aliphatic rings. The van der Waals surface area contributed by atoms with Gasteiger partial charge in [0.1, 0.15) is 16.2 Å². The van der Waals surface area contributed by atoms with Crippen LogP contribution in [0.3, 0.4) is 0 Å². The Morgan fingerprint density at radius 2 is 2.25 bits per heavy atom. The van der Waals surface area contributed by atoms with Crippen molar-refractivity contribution in [2.75, 3.05) is 19.0 Å². The van der Waals surface area contributed by atoms with E-state index in [4.69, 9.17) is 4.74 Å². The Hall–Kier alpha value is -0.680. The minimum atomic E-state index is 0.339. The fourth-order valence-corrected chi connectivity index (χ4v) is 1.74. The topological polar surface area (TPSA) is 47.0 Å². The van der Waals surface area contributed by atoms with Gasteiger partial charge in [0.05, 0.1) is 0 Å². The number of aryl methyl sites for hydroxylation is 1. The quantitative estimate of drug-likeness (QED) is 0.817. The first-order chi connectivity index (χ1) is 7.65. The Morgan fingerprint density at radius 3 is 2.88 bits per heavy atom. The molecule has 1 rings (SSSR count). The van der Waals surface area contributed by atoms with E-state index in [0.717, 1.165) is 35.7 Å². The van der Waals surface area contributed by atoms with Gasteiger partial charge in [0.15, 0.2) is 0 Å². The number of halogens is 1. The van der Waals surface area contributed by atoms with Crippen LogP contribution in [-0.2, 0) is 11.2 Å². The number of methoxy groups -OCH3 is 1. The first kappa shape index (κ1) is 13.4. The lowest BCUT2D eigenvalue weighted by molar-refractivity contribution is 0.191. The molecule has 5 heteroatoms. The first-order valence-electron chi connectivity index (χ1n) is 5.44. The Bertz CT molecular complexity index is 333. The minimum absolute atomic E-state index is 0.339. The fourth-order valence-electron chi connectivity index (χ4n) is 1.32. The maximum atomic E-state index is 5.04. The summed E-state index contributed by atoms with van der Waals surface area (Å²) in [6.45, 7) is 4.90. The van der Waals surface area contributed by atoms with Crippen LogP contribution >= 0.6 is 15.9 Å². The highest BCUT2D eigenvalue weighted by molar-refractivity contribution is 9.10. The number of anilines is 1. The van der Waals surface area contributed by atoms with E-state index in [-0.39, 0.29) is 0 Å². The van der Waals surface area contributed by atoms with E-state index in [1.807, 2.05) is 13.0 Å². The molecule has 0 aliphatic heterocycles. The van der Waals surface area contributed by atoms with Crippen molar-refractivity contribution in [1.29, 1.82) is 0 Å². The van der Waals surface area contributed by atoms with Crippen molar-refractivity contribution in [3.63, 3.8) is 0 Å². The van der Waals surface area contributed by atoms with Crippen LogP contribution < -0.4 is 5.32 Å². The van der Waals surface area contributed by atoms with Crippen molar-refractivity contribution >= 4 is 21.7 Å². The normalized spacial score (nSPS) is 12.5. The van der Waals surface area contributed by atoms with Crippen molar-refractivity contribution in [3.8, 4) is 0 Å². The summed E-state index contributed by atoms with van der Waals surface area (Å²) in [5, 5.41) is 3.33.